The van der Waals surface area contributed by atoms with E-state index in [1.807, 2.05) is 0 Å². The average molecular weight is 381 g/mol. The molecule has 0 aliphatic heterocycles. The minimum absolute atomic E-state index is 0.472. The molecule has 1 heteroatoms. The molecule has 0 saturated carbocycles. The van der Waals surface area contributed by atoms with E-state index in [-0.39, 0.29) is 0 Å². The number of carbonyl (C=O) groups is 1. The third kappa shape index (κ3) is 23.6. The minimum Gasteiger partial charge on any atom is -0.300 e. The average Bonchev–Trinajstić information content (AvgIpc) is 2.66. The van der Waals surface area contributed by atoms with Crippen LogP contribution in [0.5, 0.6) is 0 Å². The molecule has 0 bridgehead atoms. The van der Waals surface area contributed by atoms with Crippen molar-refractivity contribution in [2.45, 2.75) is 162 Å². The summed E-state index contributed by atoms with van der Waals surface area (Å²) in [6.07, 6.45) is 30.9. The Balaban J connectivity index is 3.02. The van der Waals surface area contributed by atoms with Crippen molar-refractivity contribution in [3.63, 3.8) is 0 Å². The number of hydrogen-bond acceptors (Lipinski definition) is 1. The molecule has 0 aromatic rings. The maximum absolute atomic E-state index is 11.4. The normalized spacial score (nSPS) is 11.2. The number of Topliss-reactive ketones (excluding diaryl/α,β-unsaturated/α-hetero) is 1. The van der Waals surface area contributed by atoms with Crippen molar-refractivity contribution in [1.29, 1.82) is 0 Å². The minimum atomic E-state index is 0.472. The van der Waals surface area contributed by atoms with Gasteiger partial charge in [-0.2, -0.15) is 0 Å². The second kappa shape index (κ2) is 23.7. The van der Waals surface area contributed by atoms with Gasteiger partial charge in [-0.1, -0.05) is 136 Å². The van der Waals surface area contributed by atoms with Gasteiger partial charge in [0.1, 0.15) is 5.78 Å². The first-order valence-corrected chi connectivity index (χ1v) is 12.8. The Morgan fingerprint density at radius 2 is 0.667 bits per heavy atom. The zero-order valence-electron chi connectivity index (χ0n) is 19.2. The van der Waals surface area contributed by atoms with E-state index in [4.69, 9.17) is 0 Å². The summed E-state index contributed by atoms with van der Waals surface area (Å²) in [6.45, 7) is 4.39. The molecular weight excluding hydrogens is 328 g/mol. The van der Waals surface area contributed by atoms with Crippen LogP contribution in [0.4, 0.5) is 0 Å². The third-order valence-electron chi connectivity index (χ3n) is 5.84. The van der Waals surface area contributed by atoms with Crippen molar-refractivity contribution >= 4 is 5.78 Å². The molecule has 0 rings (SSSR count). The number of hydrogen-bond donors (Lipinski definition) is 0. The fourth-order valence-electron chi connectivity index (χ4n) is 3.98. The molecular formula is C26H52O. The summed E-state index contributed by atoms with van der Waals surface area (Å²) >= 11 is 0. The standard InChI is InChI=1S/C26H52O/c1-3-5-6-7-8-9-10-11-12-13-14-15-16-17-18-19-20-21-22-23-25-26(27)24-4-2/h3-25H2,1-2H3. The van der Waals surface area contributed by atoms with E-state index in [9.17, 15) is 4.79 Å². The van der Waals surface area contributed by atoms with E-state index in [1.54, 1.807) is 0 Å². The van der Waals surface area contributed by atoms with Crippen molar-refractivity contribution in [1.82, 2.24) is 0 Å². The molecule has 0 aromatic heterocycles. The molecule has 0 aliphatic carbocycles. The second-order valence-electron chi connectivity index (χ2n) is 8.76. The summed E-state index contributed by atoms with van der Waals surface area (Å²) in [6, 6.07) is 0. The van der Waals surface area contributed by atoms with Gasteiger partial charge in [0, 0.05) is 12.8 Å². The van der Waals surface area contributed by atoms with Gasteiger partial charge < -0.3 is 0 Å². The van der Waals surface area contributed by atoms with Crippen molar-refractivity contribution in [2.24, 2.45) is 0 Å². The van der Waals surface area contributed by atoms with Gasteiger partial charge in [-0.15, -0.1) is 0 Å². The number of carbonyl (C=O) groups excluding carboxylic acids is 1. The van der Waals surface area contributed by atoms with Crippen LogP contribution in [-0.4, -0.2) is 5.78 Å². The molecule has 0 atom stereocenters. The van der Waals surface area contributed by atoms with Gasteiger partial charge in [-0.3, -0.25) is 4.79 Å². The smallest absolute Gasteiger partial charge is 0.132 e. The highest BCUT2D eigenvalue weighted by atomic mass is 16.1. The maximum Gasteiger partial charge on any atom is 0.132 e. The summed E-state index contributed by atoms with van der Waals surface area (Å²) in [4.78, 5) is 11.4. The van der Waals surface area contributed by atoms with Gasteiger partial charge in [0.25, 0.3) is 0 Å². The molecule has 0 spiro atoms. The Labute approximate surface area is 172 Å². The summed E-state index contributed by atoms with van der Waals surface area (Å²) in [5.74, 6) is 0.472. The molecule has 0 aromatic carbocycles. The highest BCUT2D eigenvalue weighted by molar-refractivity contribution is 5.78. The molecule has 0 heterocycles. The fraction of sp³-hybridized carbons (Fsp3) is 0.962. The molecule has 1 nitrogen and oxygen atoms in total. The first kappa shape index (κ1) is 26.7. The van der Waals surface area contributed by atoms with Crippen LogP contribution in [0.2, 0.25) is 0 Å². The van der Waals surface area contributed by atoms with Crippen molar-refractivity contribution in [3.05, 3.63) is 0 Å². The predicted molar refractivity (Wildman–Crippen MR) is 123 cm³/mol. The van der Waals surface area contributed by atoms with Crippen LogP contribution in [0.25, 0.3) is 0 Å². The van der Waals surface area contributed by atoms with Gasteiger partial charge in [-0.05, 0) is 12.8 Å². The summed E-state index contributed by atoms with van der Waals surface area (Å²) in [5.41, 5.74) is 0. The lowest BCUT2D eigenvalue weighted by Crippen LogP contribution is -1.96. The molecule has 0 fully saturated rings. The Kier molecular flexibility index (Phi) is 23.4. The zero-order chi connectivity index (χ0) is 19.8. The van der Waals surface area contributed by atoms with Crippen LogP contribution >= 0.6 is 0 Å². The molecule has 0 aliphatic rings. The predicted octanol–water partition coefficient (Wildman–Crippen LogP) is 9.57. The second-order valence-corrected chi connectivity index (χ2v) is 8.76. The molecule has 0 radical (unpaired) electrons. The van der Waals surface area contributed by atoms with Crippen LogP contribution in [0.3, 0.4) is 0 Å². The third-order valence-corrected chi connectivity index (χ3v) is 5.84. The summed E-state index contributed by atoms with van der Waals surface area (Å²) in [7, 11) is 0. The van der Waals surface area contributed by atoms with E-state index in [2.05, 4.69) is 13.8 Å². The van der Waals surface area contributed by atoms with Gasteiger partial charge in [0.2, 0.25) is 0 Å². The van der Waals surface area contributed by atoms with Gasteiger partial charge in [0.05, 0.1) is 0 Å². The summed E-state index contributed by atoms with van der Waals surface area (Å²) < 4.78 is 0. The number of ketones is 1. The zero-order valence-corrected chi connectivity index (χ0v) is 19.2. The van der Waals surface area contributed by atoms with Crippen LogP contribution < -0.4 is 0 Å². The molecule has 0 unspecified atom stereocenters. The van der Waals surface area contributed by atoms with E-state index >= 15 is 0 Å². The largest absolute Gasteiger partial charge is 0.300 e. The van der Waals surface area contributed by atoms with Gasteiger partial charge in [-0.25, -0.2) is 0 Å². The van der Waals surface area contributed by atoms with Crippen LogP contribution in [0, 0.1) is 0 Å². The monoisotopic (exact) mass is 380 g/mol. The van der Waals surface area contributed by atoms with Crippen molar-refractivity contribution in [3.8, 4) is 0 Å². The fourth-order valence-corrected chi connectivity index (χ4v) is 3.98. The number of unbranched alkanes of at least 4 members (excludes halogenated alkanes) is 19. The van der Waals surface area contributed by atoms with E-state index < -0.39 is 0 Å². The van der Waals surface area contributed by atoms with Crippen molar-refractivity contribution < 1.29 is 4.79 Å². The Bertz CT molecular complexity index is 284. The number of rotatable bonds is 23. The molecule has 0 saturated heterocycles. The lowest BCUT2D eigenvalue weighted by molar-refractivity contribution is -0.119. The molecule has 0 N–H and O–H groups in total. The lowest BCUT2D eigenvalue weighted by atomic mass is 10.0. The first-order chi connectivity index (χ1) is 13.3. The summed E-state index contributed by atoms with van der Waals surface area (Å²) in [5, 5.41) is 0. The highest BCUT2D eigenvalue weighted by Gasteiger charge is 1.99. The topological polar surface area (TPSA) is 17.1 Å². The SMILES string of the molecule is CCCCCCCCCCCCCCCCCCCCCCC(=O)CCC. The van der Waals surface area contributed by atoms with Gasteiger partial charge >= 0.3 is 0 Å². The quantitative estimate of drug-likeness (QED) is 0.161. The van der Waals surface area contributed by atoms with Crippen LogP contribution in [0.1, 0.15) is 162 Å². The van der Waals surface area contributed by atoms with Gasteiger partial charge in [0.15, 0.2) is 0 Å². The lowest BCUT2D eigenvalue weighted by Gasteiger charge is -2.04. The molecule has 0 amide bonds. The Morgan fingerprint density at radius 1 is 0.370 bits per heavy atom. The highest BCUT2D eigenvalue weighted by Crippen LogP contribution is 2.15. The molecule has 162 valence electrons. The first-order valence-electron chi connectivity index (χ1n) is 12.8. The molecule has 27 heavy (non-hydrogen) atoms. The van der Waals surface area contributed by atoms with E-state index in [1.165, 1.54) is 122 Å². The van der Waals surface area contributed by atoms with Crippen LogP contribution in [0.15, 0.2) is 0 Å². The van der Waals surface area contributed by atoms with Crippen LogP contribution in [-0.2, 0) is 4.79 Å². The van der Waals surface area contributed by atoms with E-state index in [0.29, 0.717) is 5.78 Å². The Hall–Kier alpha value is -0.330. The maximum atomic E-state index is 11.4. The van der Waals surface area contributed by atoms with E-state index in [0.717, 1.165) is 25.7 Å². The van der Waals surface area contributed by atoms with Crippen molar-refractivity contribution in [2.75, 3.05) is 0 Å². The Morgan fingerprint density at radius 3 is 0.963 bits per heavy atom.